The molecule has 37 heavy (non-hydrogen) atoms. The first-order chi connectivity index (χ1) is 18.1. The first-order valence-electron chi connectivity index (χ1n) is 13.1. The smallest absolute Gasteiger partial charge is 0.255 e. The summed E-state index contributed by atoms with van der Waals surface area (Å²) in [4.78, 5) is 28.4. The quantitative estimate of drug-likeness (QED) is 0.572. The standard InChI is InChI=1S/C30H32N4O3/c1-36-26-17-21-10-13-31-28(23(21)18-27(26)37-2)22-8-9-25-24(16-22)29(35)33-30(32-25)34-14-11-20(12-15-34)19-6-4-3-5-7-19/h3-7,11,17-18,22H,8-10,12-16H2,1-2H3,(H,32,33,35). The number of methoxy groups -OCH3 is 2. The predicted molar refractivity (Wildman–Crippen MR) is 146 cm³/mol. The van der Waals surface area contributed by atoms with Crippen molar-refractivity contribution >= 4 is 17.2 Å². The number of H-pyrrole nitrogens is 1. The fourth-order valence-corrected chi connectivity index (χ4v) is 5.86. The number of hydrogen-bond donors (Lipinski definition) is 1. The van der Waals surface area contributed by atoms with Crippen LogP contribution in [0, 0.1) is 5.92 Å². The number of nitrogens with zero attached hydrogens (tertiary/aromatic N) is 3. The van der Waals surface area contributed by atoms with Crippen molar-refractivity contribution < 1.29 is 9.47 Å². The SMILES string of the molecule is COc1cc2c(cc1OC)C(C1CCc3nc(N4CC=C(c5ccccc5)CC4)[nH]c(=O)c3C1)=NCC2. The van der Waals surface area contributed by atoms with Crippen molar-refractivity contribution in [1.82, 2.24) is 9.97 Å². The Hall–Kier alpha value is -3.87. The summed E-state index contributed by atoms with van der Waals surface area (Å²) in [5.74, 6) is 2.32. The van der Waals surface area contributed by atoms with E-state index in [2.05, 4.69) is 46.3 Å². The minimum absolute atomic E-state index is 0.0218. The number of aryl methyl sites for hydroxylation is 1. The number of fused-ring (bicyclic) bond motifs is 2. The number of rotatable bonds is 5. The van der Waals surface area contributed by atoms with Gasteiger partial charge in [0.2, 0.25) is 5.95 Å². The van der Waals surface area contributed by atoms with Crippen LogP contribution in [0.1, 0.15) is 40.8 Å². The molecule has 6 rings (SSSR count). The molecular weight excluding hydrogens is 464 g/mol. The van der Waals surface area contributed by atoms with Gasteiger partial charge in [-0.3, -0.25) is 14.8 Å². The Bertz CT molecular complexity index is 1440. The van der Waals surface area contributed by atoms with Crippen LogP contribution in [-0.4, -0.2) is 49.5 Å². The number of aliphatic imine (C=N–C) groups is 1. The molecule has 0 radical (unpaired) electrons. The van der Waals surface area contributed by atoms with Crippen molar-refractivity contribution in [1.29, 1.82) is 0 Å². The van der Waals surface area contributed by atoms with Crippen molar-refractivity contribution in [2.45, 2.75) is 32.1 Å². The molecular formula is C30H32N4O3. The Balaban J connectivity index is 1.23. The lowest BCUT2D eigenvalue weighted by molar-refractivity contribution is 0.354. The van der Waals surface area contributed by atoms with Crippen LogP contribution in [0.15, 0.2) is 58.3 Å². The van der Waals surface area contributed by atoms with E-state index in [-0.39, 0.29) is 11.5 Å². The highest BCUT2D eigenvalue weighted by Gasteiger charge is 2.31. The van der Waals surface area contributed by atoms with E-state index < -0.39 is 0 Å². The molecule has 1 aromatic heterocycles. The topological polar surface area (TPSA) is 79.8 Å². The molecule has 1 N–H and O–H groups in total. The van der Waals surface area contributed by atoms with E-state index in [1.165, 1.54) is 16.7 Å². The van der Waals surface area contributed by atoms with E-state index in [1.807, 2.05) is 12.1 Å². The van der Waals surface area contributed by atoms with Gasteiger partial charge in [0, 0.05) is 42.4 Å². The Kier molecular flexibility index (Phi) is 6.28. The molecule has 2 aliphatic heterocycles. The van der Waals surface area contributed by atoms with Gasteiger partial charge in [-0.25, -0.2) is 4.98 Å². The first-order valence-corrected chi connectivity index (χ1v) is 13.1. The predicted octanol–water partition coefficient (Wildman–Crippen LogP) is 4.23. The zero-order chi connectivity index (χ0) is 25.4. The number of nitrogens with one attached hydrogen (secondary N) is 1. The third-order valence-corrected chi connectivity index (χ3v) is 7.86. The molecule has 3 aromatic rings. The molecule has 7 heteroatoms. The third kappa shape index (κ3) is 4.43. The van der Waals surface area contributed by atoms with Gasteiger partial charge in [0.1, 0.15) is 0 Å². The zero-order valence-electron chi connectivity index (χ0n) is 21.4. The van der Waals surface area contributed by atoms with Crippen LogP contribution < -0.4 is 19.9 Å². The van der Waals surface area contributed by atoms with E-state index >= 15 is 0 Å². The molecule has 0 spiro atoms. The number of anilines is 1. The van der Waals surface area contributed by atoms with E-state index in [0.717, 1.165) is 73.6 Å². The number of aromatic nitrogens is 2. The number of ether oxygens (including phenoxy) is 2. The van der Waals surface area contributed by atoms with Crippen LogP contribution in [-0.2, 0) is 19.3 Å². The molecule has 1 aliphatic carbocycles. The van der Waals surface area contributed by atoms with Crippen molar-refractivity contribution in [3.05, 3.63) is 86.8 Å². The van der Waals surface area contributed by atoms with Crippen molar-refractivity contribution in [3.63, 3.8) is 0 Å². The monoisotopic (exact) mass is 496 g/mol. The summed E-state index contributed by atoms with van der Waals surface area (Å²) >= 11 is 0. The fraction of sp³-hybridized carbons (Fsp3) is 0.367. The Morgan fingerprint density at radius 3 is 2.59 bits per heavy atom. The average Bonchev–Trinajstić information content (AvgIpc) is 2.96. The summed E-state index contributed by atoms with van der Waals surface area (Å²) in [5.41, 5.74) is 7.74. The molecule has 190 valence electrons. The van der Waals surface area contributed by atoms with Gasteiger partial charge < -0.3 is 14.4 Å². The van der Waals surface area contributed by atoms with Crippen LogP contribution in [0.2, 0.25) is 0 Å². The van der Waals surface area contributed by atoms with Gasteiger partial charge in [0.05, 0.1) is 19.9 Å². The minimum atomic E-state index is -0.0218. The fourth-order valence-electron chi connectivity index (χ4n) is 5.86. The third-order valence-electron chi connectivity index (χ3n) is 7.86. The summed E-state index contributed by atoms with van der Waals surface area (Å²) < 4.78 is 11.1. The van der Waals surface area contributed by atoms with E-state index in [1.54, 1.807) is 14.2 Å². The van der Waals surface area contributed by atoms with E-state index in [9.17, 15) is 4.79 Å². The Morgan fingerprint density at radius 2 is 1.84 bits per heavy atom. The lowest BCUT2D eigenvalue weighted by Gasteiger charge is -2.30. The van der Waals surface area contributed by atoms with Crippen LogP contribution in [0.5, 0.6) is 11.5 Å². The Morgan fingerprint density at radius 1 is 1.03 bits per heavy atom. The van der Waals surface area contributed by atoms with Crippen LogP contribution >= 0.6 is 0 Å². The van der Waals surface area contributed by atoms with E-state index in [4.69, 9.17) is 19.5 Å². The normalized spacial score (nSPS) is 18.9. The largest absolute Gasteiger partial charge is 0.493 e. The number of benzene rings is 2. The molecule has 7 nitrogen and oxygen atoms in total. The summed E-state index contributed by atoms with van der Waals surface area (Å²) in [6, 6.07) is 14.6. The van der Waals surface area contributed by atoms with Gasteiger partial charge in [-0.05, 0) is 60.9 Å². The molecule has 3 heterocycles. The van der Waals surface area contributed by atoms with Crippen molar-refractivity contribution in [2.75, 3.05) is 38.8 Å². The minimum Gasteiger partial charge on any atom is -0.493 e. The highest BCUT2D eigenvalue weighted by Crippen LogP contribution is 2.36. The molecule has 1 atom stereocenters. The summed E-state index contributed by atoms with van der Waals surface area (Å²) in [7, 11) is 3.32. The van der Waals surface area contributed by atoms with Crippen LogP contribution in [0.3, 0.4) is 0 Å². The molecule has 0 amide bonds. The maximum absolute atomic E-state index is 13.3. The molecule has 1 unspecified atom stereocenters. The molecule has 3 aliphatic rings. The summed E-state index contributed by atoms with van der Waals surface area (Å²) in [5, 5.41) is 0. The molecule has 0 fully saturated rings. The second-order valence-electron chi connectivity index (χ2n) is 9.93. The van der Waals surface area contributed by atoms with Gasteiger partial charge in [-0.2, -0.15) is 0 Å². The average molecular weight is 497 g/mol. The Labute approximate surface area is 216 Å². The van der Waals surface area contributed by atoms with Gasteiger partial charge in [0.15, 0.2) is 11.5 Å². The second-order valence-corrected chi connectivity index (χ2v) is 9.93. The van der Waals surface area contributed by atoms with Gasteiger partial charge in [-0.1, -0.05) is 36.4 Å². The van der Waals surface area contributed by atoms with Crippen LogP contribution in [0.4, 0.5) is 5.95 Å². The van der Waals surface area contributed by atoms with Gasteiger partial charge >= 0.3 is 0 Å². The zero-order valence-corrected chi connectivity index (χ0v) is 21.4. The second kappa shape index (κ2) is 9.88. The summed E-state index contributed by atoms with van der Waals surface area (Å²) in [6.07, 6.45) is 6.41. The van der Waals surface area contributed by atoms with Gasteiger partial charge in [-0.15, -0.1) is 0 Å². The highest BCUT2D eigenvalue weighted by atomic mass is 16.5. The lowest BCUT2D eigenvalue weighted by atomic mass is 9.79. The molecule has 2 aromatic carbocycles. The molecule has 0 bridgehead atoms. The summed E-state index contributed by atoms with van der Waals surface area (Å²) in [6.45, 7) is 2.33. The van der Waals surface area contributed by atoms with Crippen LogP contribution in [0.25, 0.3) is 5.57 Å². The van der Waals surface area contributed by atoms with E-state index in [0.29, 0.717) is 18.1 Å². The first kappa shape index (κ1) is 23.5. The maximum atomic E-state index is 13.3. The number of aromatic amines is 1. The number of hydrogen-bond acceptors (Lipinski definition) is 6. The lowest BCUT2D eigenvalue weighted by Crippen LogP contribution is -2.35. The van der Waals surface area contributed by atoms with Gasteiger partial charge in [0.25, 0.3) is 5.56 Å². The highest BCUT2D eigenvalue weighted by molar-refractivity contribution is 6.05. The van der Waals surface area contributed by atoms with Crippen molar-refractivity contribution in [3.8, 4) is 11.5 Å². The van der Waals surface area contributed by atoms with Crippen molar-refractivity contribution in [2.24, 2.45) is 10.9 Å². The maximum Gasteiger partial charge on any atom is 0.255 e. The molecule has 0 saturated heterocycles. The molecule has 0 saturated carbocycles.